The Morgan fingerprint density at radius 1 is 1.04 bits per heavy atom. The molecule has 0 aliphatic carbocycles. The molecule has 0 radical (unpaired) electrons. The van der Waals surface area contributed by atoms with E-state index in [1.165, 1.54) is 15.0 Å². The molecule has 1 aliphatic heterocycles. The molecule has 1 saturated heterocycles. The molecule has 0 N–H and O–H groups in total. The number of rotatable bonds is 3. The van der Waals surface area contributed by atoms with Crippen molar-refractivity contribution in [3.8, 4) is 0 Å². The third kappa shape index (κ3) is 2.86. The van der Waals surface area contributed by atoms with Crippen LogP contribution in [-0.2, 0) is 0 Å². The van der Waals surface area contributed by atoms with Gasteiger partial charge in [0.1, 0.15) is 10.8 Å². The van der Waals surface area contributed by atoms with Crippen molar-refractivity contribution in [1.82, 2.24) is 15.2 Å². The predicted octanol–water partition coefficient (Wildman–Crippen LogP) is 3.91. The van der Waals surface area contributed by atoms with Gasteiger partial charge in [-0.1, -0.05) is 25.2 Å². The number of thiophene rings is 1. The molecule has 7 heteroatoms. The van der Waals surface area contributed by atoms with Gasteiger partial charge < -0.3 is 9.80 Å². The molecule has 0 spiro atoms. The van der Waals surface area contributed by atoms with Crippen LogP contribution in [0.1, 0.15) is 29.7 Å². The molecule has 0 atom stereocenters. The lowest BCUT2D eigenvalue weighted by Gasteiger charge is -2.35. The van der Waals surface area contributed by atoms with Crippen LogP contribution in [0.25, 0.3) is 10.1 Å². The number of aromatic nitrogens is 3. The summed E-state index contributed by atoms with van der Waals surface area (Å²) < 4.78 is 1.34. The topological polar surface area (TPSA) is 45.2 Å². The molecule has 126 valence electrons. The summed E-state index contributed by atoms with van der Waals surface area (Å²) in [4.78, 5) is 10.9. The van der Waals surface area contributed by atoms with Gasteiger partial charge in [-0.05, 0) is 25.0 Å². The molecule has 0 unspecified atom stereocenters. The molecule has 5 nitrogen and oxygen atoms in total. The SMILES string of the molecule is Cc1nnc(N2CCN(c3nccc4sc(C(C)C)cc34)CC2)s1. The maximum atomic E-state index is 4.69. The Balaban J connectivity index is 1.56. The monoisotopic (exact) mass is 359 g/mol. The molecule has 1 fully saturated rings. The fraction of sp³-hybridized carbons (Fsp3) is 0.471. The summed E-state index contributed by atoms with van der Waals surface area (Å²) in [6.45, 7) is 10.4. The highest BCUT2D eigenvalue weighted by Gasteiger charge is 2.22. The molecule has 4 rings (SSSR count). The van der Waals surface area contributed by atoms with Gasteiger partial charge in [0.2, 0.25) is 5.13 Å². The Morgan fingerprint density at radius 2 is 1.79 bits per heavy atom. The average molecular weight is 360 g/mol. The number of piperazine rings is 1. The van der Waals surface area contributed by atoms with E-state index in [1.807, 2.05) is 24.5 Å². The summed E-state index contributed by atoms with van der Waals surface area (Å²) in [7, 11) is 0. The standard InChI is InChI=1S/C17H21N5S2/c1-11(2)15-10-13-14(24-15)4-5-18-16(13)21-6-8-22(9-7-21)17-20-19-12(3)23-17/h4-5,10-11H,6-9H2,1-3H3. The lowest BCUT2D eigenvalue weighted by Crippen LogP contribution is -2.46. The molecule has 3 aromatic rings. The highest BCUT2D eigenvalue weighted by atomic mass is 32.1. The van der Waals surface area contributed by atoms with Crippen LogP contribution in [0.2, 0.25) is 0 Å². The molecular formula is C17H21N5S2. The van der Waals surface area contributed by atoms with Gasteiger partial charge in [-0.15, -0.1) is 21.5 Å². The molecule has 0 amide bonds. The minimum Gasteiger partial charge on any atom is -0.353 e. The minimum absolute atomic E-state index is 0.563. The van der Waals surface area contributed by atoms with E-state index in [-0.39, 0.29) is 0 Å². The highest BCUT2D eigenvalue weighted by Crippen LogP contribution is 2.35. The Labute approximate surface area is 150 Å². The van der Waals surface area contributed by atoms with Crippen LogP contribution >= 0.6 is 22.7 Å². The van der Waals surface area contributed by atoms with Crippen molar-refractivity contribution in [3.05, 3.63) is 28.2 Å². The zero-order chi connectivity index (χ0) is 16.7. The minimum atomic E-state index is 0.563. The van der Waals surface area contributed by atoms with Crippen molar-refractivity contribution in [1.29, 1.82) is 0 Å². The molecule has 24 heavy (non-hydrogen) atoms. The molecule has 0 saturated carbocycles. The summed E-state index contributed by atoms with van der Waals surface area (Å²) >= 11 is 3.56. The maximum Gasteiger partial charge on any atom is 0.208 e. The lowest BCUT2D eigenvalue weighted by molar-refractivity contribution is 0.645. The second kappa shape index (κ2) is 6.29. The Hall–Kier alpha value is -1.73. The lowest BCUT2D eigenvalue weighted by atomic mass is 10.1. The van der Waals surface area contributed by atoms with Gasteiger partial charge in [0, 0.05) is 47.3 Å². The fourth-order valence-corrected chi connectivity index (χ4v) is 4.82. The third-order valence-corrected chi connectivity index (χ3v) is 6.68. The van der Waals surface area contributed by atoms with Gasteiger partial charge >= 0.3 is 0 Å². The molecule has 0 bridgehead atoms. The van der Waals surface area contributed by atoms with E-state index < -0.39 is 0 Å². The average Bonchev–Trinajstić information content (AvgIpc) is 3.21. The number of aryl methyl sites for hydroxylation is 1. The third-order valence-electron chi connectivity index (χ3n) is 4.38. The predicted molar refractivity (Wildman–Crippen MR) is 103 cm³/mol. The van der Waals surface area contributed by atoms with Crippen LogP contribution in [0.3, 0.4) is 0 Å². The van der Waals surface area contributed by atoms with Crippen molar-refractivity contribution < 1.29 is 0 Å². The molecule has 4 heterocycles. The summed E-state index contributed by atoms with van der Waals surface area (Å²) in [5.41, 5.74) is 0. The van der Waals surface area contributed by atoms with E-state index in [4.69, 9.17) is 4.98 Å². The number of fused-ring (bicyclic) bond motifs is 1. The number of hydrogen-bond acceptors (Lipinski definition) is 7. The summed E-state index contributed by atoms with van der Waals surface area (Å²) in [5, 5.41) is 11.8. The van der Waals surface area contributed by atoms with Crippen LogP contribution in [0.4, 0.5) is 10.9 Å². The van der Waals surface area contributed by atoms with Crippen molar-refractivity contribution >= 4 is 43.7 Å². The van der Waals surface area contributed by atoms with Gasteiger partial charge in [0.15, 0.2) is 0 Å². The zero-order valence-corrected chi connectivity index (χ0v) is 15.8. The summed E-state index contributed by atoms with van der Waals surface area (Å²) in [5.74, 6) is 1.69. The van der Waals surface area contributed by atoms with E-state index >= 15 is 0 Å². The number of anilines is 2. The van der Waals surface area contributed by atoms with Crippen LogP contribution in [0, 0.1) is 6.92 Å². The largest absolute Gasteiger partial charge is 0.353 e. The quantitative estimate of drug-likeness (QED) is 0.709. The molecular weight excluding hydrogens is 338 g/mol. The first kappa shape index (κ1) is 15.8. The first-order valence-corrected chi connectivity index (χ1v) is 9.93. The Morgan fingerprint density at radius 3 is 2.46 bits per heavy atom. The second-order valence-corrected chi connectivity index (χ2v) is 8.70. The van der Waals surface area contributed by atoms with E-state index in [0.717, 1.165) is 42.1 Å². The number of nitrogens with zero attached hydrogens (tertiary/aromatic N) is 5. The van der Waals surface area contributed by atoms with Gasteiger partial charge in [-0.2, -0.15) is 0 Å². The first-order valence-electron chi connectivity index (χ1n) is 8.30. The number of hydrogen-bond donors (Lipinski definition) is 0. The van der Waals surface area contributed by atoms with Crippen LogP contribution in [0.15, 0.2) is 18.3 Å². The van der Waals surface area contributed by atoms with E-state index in [1.54, 1.807) is 11.3 Å². The van der Waals surface area contributed by atoms with E-state index in [9.17, 15) is 0 Å². The smallest absolute Gasteiger partial charge is 0.208 e. The van der Waals surface area contributed by atoms with Crippen LogP contribution in [-0.4, -0.2) is 41.4 Å². The van der Waals surface area contributed by atoms with Gasteiger partial charge in [0.25, 0.3) is 0 Å². The van der Waals surface area contributed by atoms with Crippen molar-refractivity contribution in [3.63, 3.8) is 0 Å². The van der Waals surface area contributed by atoms with E-state index in [0.29, 0.717) is 5.92 Å². The van der Waals surface area contributed by atoms with E-state index in [2.05, 4.69) is 46.0 Å². The first-order chi connectivity index (χ1) is 11.6. The Kier molecular flexibility index (Phi) is 4.14. The van der Waals surface area contributed by atoms with Gasteiger partial charge in [-0.3, -0.25) is 0 Å². The fourth-order valence-electron chi connectivity index (χ4n) is 3.03. The van der Waals surface area contributed by atoms with Gasteiger partial charge in [0.05, 0.1) is 0 Å². The summed E-state index contributed by atoms with van der Waals surface area (Å²) in [6, 6.07) is 4.46. The maximum absolute atomic E-state index is 4.69. The summed E-state index contributed by atoms with van der Waals surface area (Å²) in [6.07, 6.45) is 1.94. The zero-order valence-electron chi connectivity index (χ0n) is 14.2. The Bertz CT molecular complexity index is 846. The van der Waals surface area contributed by atoms with Crippen molar-refractivity contribution in [2.75, 3.05) is 36.0 Å². The molecule has 1 aliphatic rings. The normalized spacial score (nSPS) is 15.7. The highest BCUT2D eigenvalue weighted by molar-refractivity contribution is 7.19. The van der Waals surface area contributed by atoms with Crippen molar-refractivity contribution in [2.45, 2.75) is 26.7 Å². The van der Waals surface area contributed by atoms with Crippen LogP contribution in [0.5, 0.6) is 0 Å². The van der Waals surface area contributed by atoms with Crippen LogP contribution < -0.4 is 9.80 Å². The second-order valence-electron chi connectivity index (χ2n) is 6.43. The number of pyridine rings is 1. The molecule has 0 aromatic carbocycles. The van der Waals surface area contributed by atoms with Gasteiger partial charge in [-0.25, -0.2) is 4.98 Å². The van der Waals surface area contributed by atoms with Crippen molar-refractivity contribution in [2.24, 2.45) is 0 Å². The molecule has 3 aromatic heterocycles.